The average molecular weight is 262 g/mol. The number of hydrogen-bond donors (Lipinski definition) is 1. The smallest absolute Gasteiger partial charge is 0.104 e. The zero-order valence-corrected chi connectivity index (χ0v) is 11.9. The lowest BCUT2D eigenvalue weighted by molar-refractivity contribution is 0.178. The maximum absolute atomic E-state index is 5.78. The van der Waals surface area contributed by atoms with Crippen molar-refractivity contribution in [2.75, 3.05) is 13.1 Å². The van der Waals surface area contributed by atoms with Crippen LogP contribution in [0.15, 0.2) is 24.3 Å². The second-order valence-electron chi connectivity index (χ2n) is 5.15. The molecule has 1 saturated carbocycles. The quantitative estimate of drug-likeness (QED) is 0.799. The normalized spacial score (nSPS) is 15.7. The molecule has 1 aliphatic rings. The first-order valence-electron chi connectivity index (χ1n) is 6.80. The molecular formula is C15H22N2S. The van der Waals surface area contributed by atoms with Gasteiger partial charge in [-0.15, -0.1) is 0 Å². The molecule has 0 unspecified atom stereocenters. The minimum absolute atomic E-state index is 0.505. The maximum atomic E-state index is 5.78. The van der Waals surface area contributed by atoms with E-state index in [9.17, 15) is 0 Å². The summed E-state index contributed by atoms with van der Waals surface area (Å²) >= 11 is 5.12. The zero-order valence-electron chi connectivity index (χ0n) is 11.1. The fourth-order valence-electron chi connectivity index (χ4n) is 2.49. The van der Waals surface area contributed by atoms with Gasteiger partial charge in [0.25, 0.3) is 0 Å². The maximum Gasteiger partial charge on any atom is 0.104 e. The standard InChI is InChI=1S/C15H22N2S/c1-2-17(10-12-6-5-7-12)11-13-8-3-4-9-14(13)15(16)18/h3-4,8-9,12H,2,5-7,10-11H2,1H3,(H2,16,18). The Balaban J connectivity index is 2.03. The third kappa shape index (κ3) is 3.30. The Morgan fingerprint density at radius 2 is 2.11 bits per heavy atom. The average Bonchev–Trinajstić information content (AvgIpc) is 2.32. The molecule has 1 aromatic carbocycles. The molecule has 0 saturated heterocycles. The zero-order chi connectivity index (χ0) is 13.0. The van der Waals surface area contributed by atoms with Crippen molar-refractivity contribution in [3.8, 4) is 0 Å². The highest BCUT2D eigenvalue weighted by Gasteiger charge is 2.20. The Bertz CT molecular complexity index is 413. The summed E-state index contributed by atoms with van der Waals surface area (Å²) in [5.41, 5.74) is 8.07. The highest BCUT2D eigenvalue weighted by atomic mass is 32.1. The van der Waals surface area contributed by atoms with Gasteiger partial charge in [0.2, 0.25) is 0 Å². The summed E-state index contributed by atoms with van der Waals surface area (Å²) in [7, 11) is 0. The molecule has 2 rings (SSSR count). The summed E-state index contributed by atoms with van der Waals surface area (Å²) in [4.78, 5) is 3.01. The predicted octanol–water partition coefficient (Wildman–Crippen LogP) is 2.94. The predicted molar refractivity (Wildman–Crippen MR) is 80.6 cm³/mol. The second-order valence-corrected chi connectivity index (χ2v) is 5.59. The van der Waals surface area contributed by atoms with Gasteiger partial charge in [-0.3, -0.25) is 4.90 Å². The van der Waals surface area contributed by atoms with Crippen molar-refractivity contribution in [1.82, 2.24) is 4.90 Å². The van der Waals surface area contributed by atoms with Crippen LogP contribution in [0.1, 0.15) is 37.3 Å². The van der Waals surface area contributed by atoms with Gasteiger partial charge in [0.1, 0.15) is 4.99 Å². The van der Waals surface area contributed by atoms with Crippen LogP contribution in [0.3, 0.4) is 0 Å². The summed E-state index contributed by atoms with van der Waals surface area (Å²) < 4.78 is 0. The highest BCUT2D eigenvalue weighted by molar-refractivity contribution is 7.80. The molecule has 2 N–H and O–H groups in total. The third-order valence-corrected chi connectivity index (χ3v) is 4.09. The van der Waals surface area contributed by atoms with Crippen molar-refractivity contribution in [2.45, 2.75) is 32.7 Å². The number of hydrogen-bond acceptors (Lipinski definition) is 2. The minimum Gasteiger partial charge on any atom is -0.389 e. The van der Waals surface area contributed by atoms with Crippen molar-refractivity contribution in [2.24, 2.45) is 11.7 Å². The van der Waals surface area contributed by atoms with E-state index in [0.717, 1.165) is 24.6 Å². The van der Waals surface area contributed by atoms with Gasteiger partial charge >= 0.3 is 0 Å². The molecule has 0 aromatic heterocycles. The van der Waals surface area contributed by atoms with Gasteiger partial charge in [0, 0.05) is 18.7 Å². The molecule has 0 aliphatic heterocycles. The molecule has 0 amide bonds. The van der Waals surface area contributed by atoms with Crippen LogP contribution in [-0.2, 0) is 6.54 Å². The van der Waals surface area contributed by atoms with Gasteiger partial charge in [0.05, 0.1) is 0 Å². The SMILES string of the molecule is CCN(Cc1ccccc1C(N)=S)CC1CCC1. The van der Waals surface area contributed by atoms with Crippen LogP contribution in [-0.4, -0.2) is 23.0 Å². The van der Waals surface area contributed by atoms with Crippen LogP contribution >= 0.6 is 12.2 Å². The van der Waals surface area contributed by atoms with E-state index in [1.54, 1.807) is 0 Å². The first-order valence-corrected chi connectivity index (χ1v) is 7.21. The summed E-state index contributed by atoms with van der Waals surface area (Å²) in [6, 6.07) is 8.22. The topological polar surface area (TPSA) is 29.3 Å². The number of nitrogens with zero attached hydrogens (tertiary/aromatic N) is 1. The van der Waals surface area contributed by atoms with E-state index in [-0.39, 0.29) is 0 Å². The lowest BCUT2D eigenvalue weighted by atomic mass is 9.85. The van der Waals surface area contributed by atoms with Crippen molar-refractivity contribution in [1.29, 1.82) is 0 Å². The minimum atomic E-state index is 0.505. The monoisotopic (exact) mass is 262 g/mol. The lowest BCUT2D eigenvalue weighted by Gasteiger charge is -2.32. The summed E-state index contributed by atoms with van der Waals surface area (Å²) in [5.74, 6) is 0.905. The Kier molecular flexibility index (Phi) is 4.72. The molecule has 0 spiro atoms. The lowest BCUT2D eigenvalue weighted by Crippen LogP contribution is -2.32. The molecule has 0 heterocycles. The van der Waals surface area contributed by atoms with Crippen molar-refractivity contribution in [3.05, 3.63) is 35.4 Å². The van der Waals surface area contributed by atoms with Gasteiger partial charge in [-0.25, -0.2) is 0 Å². The van der Waals surface area contributed by atoms with Crippen LogP contribution in [0.2, 0.25) is 0 Å². The Morgan fingerprint density at radius 1 is 1.39 bits per heavy atom. The first-order chi connectivity index (χ1) is 8.70. The number of thiocarbonyl (C=S) groups is 1. The van der Waals surface area contributed by atoms with E-state index >= 15 is 0 Å². The summed E-state index contributed by atoms with van der Waals surface area (Å²) in [6.07, 6.45) is 4.20. The molecule has 1 aliphatic carbocycles. The van der Waals surface area contributed by atoms with Crippen LogP contribution in [0.4, 0.5) is 0 Å². The Morgan fingerprint density at radius 3 is 2.67 bits per heavy atom. The molecule has 0 atom stereocenters. The van der Waals surface area contributed by atoms with Crippen LogP contribution in [0.25, 0.3) is 0 Å². The largest absolute Gasteiger partial charge is 0.389 e. The van der Waals surface area contributed by atoms with E-state index in [4.69, 9.17) is 18.0 Å². The molecule has 3 heteroatoms. The fraction of sp³-hybridized carbons (Fsp3) is 0.533. The highest BCUT2D eigenvalue weighted by Crippen LogP contribution is 2.27. The molecule has 1 aromatic rings. The second kappa shape index (κ2) is 6.30. The van der Waals surface area contributed by atoms with Crippen molar-refractivity contribution < 1.29 is 0 Å². The molecular weight excluding hydrogens is 240 g/mol. The van der Waals surface area contributed by atoms with Crippen LogP contribution < -0.4 is 5.73 Å². The Labute approximate surface area is 115 Å². The number of benzene rings is 1. The van der Waals surface area contributed by atoms with Gasteiger partial charge in [-0.05, 0) is 30.9 Å². The van der Waals surface area contributed by atoms with Gasteiger partial charge in [-0.1, -0.05) is 49.8 Å². The van der Waals surface area contributed by atoms with E-state index < -0.39 is 0 Å². The van der Waals surface area contributed by atoms with E-state index in [2.05, 4.69) is 24.0 Å². The van der Waals surface area contributed by atoms with E-state index in [1.165, 1.54) is 31.4 Å². The van der Waals surface area contributed by atoms with Gasteiger partial charge in [-0.2, -0.15) is 0 Å². The van der Waals surface area contributed by atoms with Crippen molar-refractivity contribution >= 4 is 17.2 Å². The van der Waals surface area contributed by atoms with Crippen LogP contribution in [0, 0.1) is 5.92 Å². The molecule has 1 fully saturated rings. The van der Waals surface area contributed by atoms with Crippen LogP contribution in [0.5, 0.6) is 0 Å². The van der Waals surface area contributed by atoms with Gasteiger partial charge in [0.15, 0.2) is 0 Å². The number of nitrogens with two attached hydrogens (primary N) is 1. The first kappa shape index (κ1) is 13.5. The molecule has 98 valence electrons. The Hall–Kier alpha value is -0.930. The molecule has 2 nitrogen and oxygen atoms in total. The van der Waals surface area contributed by atoms with Gasteiger partial charge < -0.3 is 5.73 Å². The number of rotatable bonds is 6. The fourth-order valence-corrected chi connectivity index (χ4v) is 2.68. The van der Waals surface area contributed by atoms with Crippen molar-refractivity contribution in [3.63, 3.8) is 0 Å². The third-order valence-electron chi connectivity index (χ3n) is 3.87. The van der Waals surface area contributed by atoms with E-state index in [0.29, 0.717) is 4.99 Å². The summed E-state index contributed by atoms with van der Waals surface area (Å²) in [5, 5.41) is 0. The molecule has 0 bridgehead atoms. The molecule has 0 radical (unpaired) electrons. The summed E-state index contributed by atoms with van der Waals surface area (Å²) in [6.45, 7) is 5.48. The molecule has 18 heavy (non-hydrogen) atoms. The van der Waals surface area contributed by atoms with E-state index in [1.807, 2.05) is 12.1 Å².